The molecule has 0 aliphatic rings. The van der Waals surface area contributed by atoms with Gasteiger partial charge in [0, 0.05) is 5.69 Å². The van der Waals surface area contributed by atoms with E-state index in [0.717, 1.165) is 0 Å². The van der Waals surface area contributed by atoms with Crippen LogP contribution in [0.25, 0.3) is 0 Å². The van der Waals surface area contributed by atoms with E-state index in [1.165, 1.54) is 23.0 Å². The Bertz CT molecular complexity index is 421. The van der Waals surface area contributed by atoms with Crippen molar-refractivity contribution in [3.8, 4) is 0 Å². The van der Waals surface area contributed by atoms with E-state index in [2.05, 4.69) is 6.58 Å². The number of nitrogens with zero attached hydrogens (tertiary/aromatic N) is 1. The highest BCUT2D eigenvalue weighted by Crippen LogP contribution is 2.22. The van der Waals surface area contributed by atoms with Crippen LogP contribution in [0.1, 0.15) is 16.2 Å². The Morgan fingerprint density at radius 3 is 2.71 bits per heavy atom. The van der Waals surface area contributed by atoms with Gasteiger partial charge >= 0.3 is 6.18 Å². The monoisotopic (exact) mass is 247 g/mol. The van der Waals surface area contributed by atoms with Gasteiger partial charge in [0.1, 0.15) is 6.61 Å². The average Bonchev–Trinajstić information content (AvgIpc) is 2.58. The van der Waals surface area contributed by atoms with Crippen molar-refractivity contribution >= 4 is 5.78 Å². The molecule has 6 heteroatoms. The number of hydrogen-bond acceptors (Lipinski definition) is 2. The summed E-state index contributed by atoms with van der Waals surface area (Å²) in [7, 11) is 0. The fraction of sp³-hybridized carbons (Fsp3) is 0.364. The summed E-state index contributed by atoms with van der Waals surface area (Å²) in [5, 5.41) is 0. The topological polar surface area (TPSA) is 31.2 Å². The maximum absolute atomic E-state index is 12.3. The maximum atomic E-state index is 12.3. The largest absolute Gasteiger partial charge is 0.500 e. The van der Waals surface area contributed by atoms with E-state index in [4.69, 9.17) is 4.74 Å². The maximum Gasteiger partial charge on any atom is 0.456 e. The standard InChI is InChI=1S/C11H12F3NO2/c1-3-17-7-6-15-8(2)4-5-9(15)10(16)11(12,13)14/h3-5H,1,6-7H2,2H3. The number of ketones is 1. The molecule has 1 aromatic heterocycles. The quantitative estimate of drug-likeness (QED) is 0.455. The number of hydrogen-bond donors (Lipinski definition) is 0. The van der Waals surface area contributed by atoms with Crippen molar-refractivity contribution in [3.63, 3.8) is 0 Å². The van der Waals surface area contributed by atoms with Crippen LogP contribution in [0.2, 0.25) is 0 Å². The molecule has 0 saturated heterocycles. The number of aryl methyl sites for hydroxylation is 1. The number of Topliss-reactive ketones (excluding diaryl/α,β-unsaturated/α-hetero) is 1. The molecule has 1 heterocycles. The summed E-state index contributed by atoms with van der Waals surface area (Å²) in [6.45, 7) is 5.28. The summed E-state index contributed by atoms with van der Waals surface area (Å²) in [6.07, 6.45) is -3.66. The molecular formula is C11H12F3NO2. The molecule has 17 heavy (non-hydrogen) atoms. The minimum atomic E-state index is -4.86. The summed E-state index contributed by atoms with van der Waals surface area (Å²) < 4.78 is 43.0. The van der Waals surface area contributed by atoms with Gasteiger partial charge in [-0.15, -0.1) is 0 Å². The number of halogens is 3. The van der Waals surface area contributed by atoms with Crippen molar-refractivity contribution in [2.24, 2.45) is 0 Å². The van der Waals surface area contributed by atoms with Crippen LogP contribution in [0.5, 0.6) is 0 Å². The van der Waals surface area contributed by atoms with Gasteiger partial charge < -0.3 is 9.30 Å². The average molecular weight is 247 g/mol. The van der Waals surface area contributed by atoms with Crippen LogP contribution in [-0.2, 0) is 11.3 Å². The lowest BCUT2D eigenvalue weighted by Gasteiger charge is -2.11. The highest BCUT2D eigenvalue weighted by Gasteiger charge is 2.41. The molecule has 0 bridgehead atoms. The molecule has 3 nitrogen and oxygen atoms in total. The first-order chi connectivity index (χ1) is 7.88. The molecule has 0 N–H and O–H groups in total. The Balaban J connectivity index is 2.93. The zero-order valence-corrected chi connectivity index (χ0v) is 9.25. The van der Waals surface area contributed by atoms with Crippen LogP contribution >= 0.6 is 0 Å². The van der Waals surface area contributed by atoms with Crippen LogP contribution < -0.4 is 0 Å². The Hall–Kier alpha value is -1.72. The van der Waals surface area contributed by atoms with Crippen LogP contribution in [0.4, 0.5) is 13.2 Å². The molecule has 0 aliphatic carbocycles. The first kappa shape index (κ1) is 13.3. The number of carbonyl (C=O) groups excluding carboxylic acids is 1. The molecule has 0 spiro atoms. The minimum Gasteiger partial charge on any atom is -0.500 e. The first-order valence-electron chi connectivity index (χ1n) is 4.88. The summed E-state index contributed by atoms with van der Waals surface area (Å²) >= 11 is 0. The zero-order chi connectivity index (χ0) is 13.1. The van der Waals surface area contributed by atoms with E-state index in [1.54, 1.807) is 6.92 Å². The molecule has 0 atom stereocenters. The number of carbonyl (C=O) groups is 1. The SMILES string of the molecule is C=COCCn1c(C)ccc1C(=O)C(F)(F)F. The molecule has 1 rings (SSSR count). The fourth-order valence-corrected chi connectivity index (χ4v) is 1.44. The summed E-state index contributed by atoms with van der Waals surface area (Å²) in [4.78, 5) is 11.1. The van der Waals surface area contributed by atoms with Gasteiger partial charge in [-0.25, -0.2) is 0 Å². The van der Waals surface area contributed by atoms with Crippen molar-refractivity contribution in [3.05, 3.63) is 36.4 Å². The Morgan fingerprint density at radius 2 is 2.18 bits per heavy atom. The Morgan fingerprint density at radius 1 is 1.53 bits per heavy atom. The molecule has 0 amide bonds. The third-order valence-corrected chi connectivity index (χ3v) is 2.24. The molecular weight excluding hydrogens is 235 g/mol. The van der Waals surface area contributed by atoms with Gasteiger partial charge in [0.25, 0.3) is 5.78 Å². The molecule has 0 saturated carbocycles. The molecule has 0 fully saturated rings. The fourth-order valence-electron chi connectivity index (χ4n) is 1.44. The van der Waals surface area contributed by atoms with Gasteiger partial charge in [-0.2, -0.15) is 13.2 Å². The molecule has 1 aromatic rings. The molecule has 94 valence electrons. The highest BCUT2D eigenvalue weighted by molar-refractivity contribution is 5.99. The third kappa shape index (κ3) is 3.12. The normalized spacial score (nSPS) is 11.3. The van der Waals surface area contributed by atoms with Crippen molar-refractivity contribution in [2.75, 3.05) is 6.61 Å². The second-order valence-electron chi connectivity index (χ2n) is 3.38. The van der Waals surface area contributed by atoms with Crippen molar-refractivity contribution in [2.45, 2.75) is 19.6 Å². The van der Waals surface area contributed by atoms with Crippen molar-refractivity contribution in [1.29, 1.82) is 0 Å². The van der Waals surface area contributed by atoms with Gasteiger partial charge in [-0.05, 0) is 19.1 Å². The summed E-state index contributed by atoms with van der Waals surface area (Å²) in [5.41, 5.74) is 0.202. The number of aromatic nitrogens is 1. The van der Waals surface area contributed by atoms with Gasteiger partial charge in [0.15, 0.2) is 0 Å². The number of ether oxygens (including phenoxy) is 1. The van der Waals surface area contributed by atoms with E-state index < -0.39 is 12.0 Å². The smallest absolute Gasteiger partial charge is 0.456 e. The van der Waals surface area contributed by atoms with Crippen LogP contribution in [-0.4, -0.2) is 23.1 Å². The third-order valence-electron chi connectivity index (χ3n) is 2.24. The summed E-state index contributed by atoms with van der Waals surface area (Å²) in [6, 6.07) is 2.63. The highest BCUT2D eigenvalue weighted by atomic mass is 19.4. The van der Waals surface area contributed by atoms with Crippen molar-refractivity contribution in [1.82, 2.24) is 4.57 Å². The van der Waals surface area contributed by atoms with E-state index in [0.29, 0.717) is 5.69 Å². The number of alkyl halides is 3. The Labute approximate surface area is 96.5 Å². The molecule has 0 unspecified atom stereocenters. The van der Waals surface area contributed by atoms with Gasteiger partial charge in [-0.3, -0.25) is 4.79 Å². The molecule has 0 radical (unpaired) electrons. The zero-order valence-electron chi connectivity index (χ0n) is 9.25. The van der Waals surface area contributed by atoms with Gasteiger partial charge in [0.2, 0.25) is 0 Å². The summed E-state index contributed by atoms with van der Waals surface area (Å²) in [5.74, 6) is -1.84. The van der Waals surface area contributed by atoms with Crippen LogP contribution in [0, 0.1) is 6.92 Å². The van der Waals surface area contributed by atoms with Crippen LogP contribution in [0.3, 0.4) is 0 Å². The van der Waals surface area contributed by atoms with E-state index in [1.807, 2.05) is 0 Å². The lowest BCUT2D eigenvalue weighted by atomic mass is 10.3. The minimum absolute atomic E-state index is 0.164. The van der Waals surface area contributed by atoms with Crippen molar-refractivity contribution < 1.29 is 22.7 Å². The molecule has 0 aromatic carbocycles. The van der Waals surface area contributed by atoms with Gasteiger partial charge in [0.05, 0.1) is 18.5 Å². The lowest BCUT2D eigenvalue weighted by molar-refractivity contribution is -0.0890. The van der Waals surface area contributed by atoms with E-state index in [9.17, 15) is 18.0 Å². The lowest BCUT2D eigenvalue weighted by Crippen LogP contribution is -2.26. The van der Waals surface area contributed by atoms with E-state index in [-0.39, 0.29) is 18.8 Å². The van der Waals surface area contributed by atoms with Crippen LogP contribution in [0.15, 0.2) is 25.0 Å². The molecule has 0 aliphatic heterocycles. The first-order valence-corrected chi connectivity index (χ1v) is 4.88. The van der Waals surface area contributed by atoms with Gasteiger partial charge in [-0.1, -0.05) is 6.58 Å². The second kappa shape index (κ2) is 5.07. The van der Waals surface area contributed by atoms with E-state index >= 15 is 0 Å². The predicted octanol–water partition coefficient (Wildman–Crippen LogP) is 2.70. The Kier molecular flexibility index (Phi) is 3.98. The number of rotatable bonds is 5. The second-order valence-corrected chi connectivity index (χ2v) is 3.38. The predicted molar refractivity (Wildman–Crippen MR) is 55.7 cm³/mol.